The molecule has 0 amide bonds. The molecule has 0 aliphatic carbocycles. The molecule has 1 aliphatic rings. The molecule has 0 fully saturated rings. The van der Waals surface area contributed by atoms with Gasteiger partial charge < -0.3 is 0 Å². The highest BCUT2D eigenvalue weighted by Gasteiger charge is 2.31. The van der Waals surface area contributed by atoms with E-state index in [0.29, 0.717) is 0 Å². The van der Waals surface area contributed by atoms with E-state index in [9.17, 15) is 8.42 Å². The van der Waals surface area contributed by atoms with Crippen LogP contribution in [-0.2, 0) is 14.6 Å². The molecule has 1 aliphatic heterocycles. The van der Waals surface area contributed by atoms with Crippen LogP contribution in [0.15, 0.2) is 22.1 Å². The highest BCUT2D eigenvalue weighted by molar-refractivity contribution is 7.80. The van der Waals surface area contributed by atoms with Crippen LogP contribution in [-0.4, -0.2) is 31.5 Å². The van der Waals surface area contributed by atoms with Crippen LogP contribution < -0.4 is 0 Å². The minimum absolute atomic E-state index is 0.181. The second kappa shape index (κ2) is 4.36. The lowest BCUT2D eigenvalue weighted by atomic mass is 10.3. The van der Waals surface area contributed by atoms with Crippen molar-refractivity contribution in [3.05, 3.63) is 18.3 Å². The lowest BCUT2D eigenvalue weighted by Crippen LogP contribution is -2.20. The molecule has 1 rings (SSSR count). The number of rotatable bonds is 4. The number of aliphatic imine (C=N–C) groups is 2. The molecule has 0 spiro atoms. The quantitative estimate of drug-likeness (QED) is 0.419. The molecule has 0 bridgehead atoms. The summed E-state index contributed by atoms with van der Waals surface area (Å²) in [4.78, 5) is 7.51. The van der Waals surface area contributed by atoms with Gasteiger partial charge in [-0.15, -0.1) is 0 Å². The minimum Gasteiger partial charge on any atom is -0.263 e. The Balaban J connectivity index is 2.74. The van der Waals surface area contributed by atoms with Crippen LogP contribution in [0.5, 0.6) is 0 Å². The number of nitrogens with zero attached hydrogens (tertiary/aromatic N) is 2. The SMILES string of the molecule is CC=CC(OS(=O)(=O)O)[C+]1N=CC=N1. The first-order valence-electron chi connectivity index (χ1n) is 3.75. The van der Waals surface area contributed by atoms with Crippen molar-refractivity contribution in [2.24, 2.45) is 9.98 Å². The number of allylic oxidation sites excluding steroid dienone is 1. The molecule has 1 heterocycles. The highest BCUT2D eigenvalue weighted by atomic mass is 32.3. The van der Waals surface area contributed by atoms with Gasteiger partial charge in [-0.1, -0.05) is 16.1 Å². The zero-order chi connectivity index (χ0) is 10.6. The smallest absolute Gasteiger partial charge is 0.263 e. The lowest BCUT2D eigenvalue weighted by Gasteiger charge is -2.07. The van der Waals surface area contributed by atoms with E-state index in [1.54, 1.807) is 13.0 Å². The average molecular weight is 217 g/mol. The number of hydrogen-bond donors (Lipinski definition) is 1. The third-order valence-electron chi connectivity index (χ3n) is 1.33. The molecular weight excluding hydrogens is 208 g/mol. The van der Waals surface area contributed by atoms with E-state index in [1.807, 2.05) is 0 Å². The predicted molar refractivity (Wildman–Crippen MR) is 51.5 cm³/mol. The van der Waals surface area contributed by atoms with Crippen molar-refractivity contribution in [3.63, 3.8) is 0 Å². The summed E-state index contributed by atoms with van der Waals surface area (Å²) >= 11 is 0. The van der Waals surface area contributed by atoms with E-state index in [4.69, 9.17) is 4.55 Å². The molecule has 0 saturated carbocycles. The highest BCUT2D eigenvalue weighted by Crippen LogP contribution is 2.18. The largest absolute Gasteiger partial charge is 0.399 e. The Hall–Kier alpha value is -1.18. The van der Waals surface area contributed by atoms with Crippen molar-refractivity contribution in [2.75, 3.05) is 0 Å². The van der Waals surface area contributed by atoms with Gasteiger partial charge in [0.15, 0.2) is 12.4 Å². The first-order chi connectivity index (χ1) is 6.53. The van der Waals surface area contributed by atoms with E-state index in [2.05, 4.69) is 14.2 Å². The summed E-state index contributed by atoms with van der Waals surface area (Å²) < 4.78 is 33.7. The van der Waals surface area contributed by atoms with E-state index in [1.165, 1.54) is 18.5 Å². The van der Waals surface area contributed by atoms with Crippen molar-refractivity contribution >= 4 is 22.8 Å². The maximum Gasteiger partial charge on any atom is 0.399 e. The van der Waals surface area contributed by atoms with Crippen LogP contribution in [0.4, 0.5) is 0 Å². The van der Waals surface area contributed by atoms with Gasteiger partial charge in [0.2, 0.25) is 6.10 Å². The second-order valence-corrected chi connectivity index (χ2v) is 3.43. The van der Waals surface area contributed by atoms with Crippen LogP contribution in [0.2, 0.25) is 0 Å². The van der Waals surface area contributed by atoms with Crippen molar-refractivity contribution in [2.45, 2.75) is 13.0 Å². The zero-order valence-corrected chi connectivity index (χ0v) is 8.18. The molecule has 1 N–H and O–H groups in total. The molecule has 0 aromatic heterocycles. The fourth-order valence-corrected chi connectivity index (χ4v) is 1.28. The van der Waals surface area contributed by atoms with Gasteiger partial charge in [0, 0.05) is 0 Å². The van der Waals surface area contributed by atoms with E-state index >= 15 is 0 Å². The molecular formula is C7H9N2O4S+. The Morgan fingerprint density at radius 2 is 2.07 bits per heavy atom. The molecule has 1 atom stereocenters. The van der Waals surface area contributed by atoms with Crippen LogP contribution in [0.25, 0.3) is 0 Å². The van der Waals surface area contributed by atoms with E-state index in [0.717, 1.165) is 0 Å². The van der Waals surface area contributed by atoms with Crippen molar-refractivity contribution in [3.8, 4) is 0 Å². The van der Waals surface area contributed by atoms with Gasteiger partial charge in [0.05, 0.1) is 0 Å². The zero-order valence-electron chi connectivity index (χ0n) is 7.36. The van der Waals surface area contributed by atoms with Crippen LogP contribution in [0.1, 0.15) is 6.92 Å². The minimum atomic E-state index is -4.50. The van der Waals surface area contributed by atoms with Gasteiger partial charge in [-0.3, -0.25) is 4.55 Å². The molecule has 0 aromatic carbocycles. The molecule has 6 nitrogen and oxygen atoms in total. The van der Waals surface area contributed by atoms with Crippen LogP contribution >= 0.6 is 0 Å². The Morgan fingerprint density at radius 1 is 1.50 bits per heavy atom. The Kier molecular flexibility index (Phi) is 3.39. The Bertz CT molecular complexity index is 359. The van der Waals surface area contributed by atoms with Gasteiger partial charge in [-0.05, 0) is 13.0 Å². The molecule has 0 saturated heterocycles. The number of hydrogen-bond acceptors (Lipinski definition) is 5. The third kappa shape index (κ3) is 3.29. The summed E-state index contributed by atoms with van der Waals surface area (Å²) in [5, 5.41) is 0. The topological polar surface area (TPSA) is 88.3 Å². The maximum absolute atomic E-state index is 10.5. The monoisotopic (exact) mass is 217 g/mol. The van der Waals surface area contributed by atoms with Crippen molar-refractivity contribution in [1.82, 2.24) is 0 Å². The van der Waals surface area contributed by atoms with Crippen LogP contribution in [0, 0.1) is 6.17 Å². The maximum atomic E-state index is 10.5. The normalized spacial score (nSPS) is 18.3. The summed E-state index contributed by atoms with van der Waals surface area (Å²) in [5.41, 5.74) is 0. The molecule has 0 aromatic rings. The fraction of sp³-hybridized carbons (Fsp3) is 0.286. The lowest BCUT2D eigenvalue weighted by molar-refractivity contribution is 0.226. The standard InChI is InChI=1S/C7H8N2O4S/c1-2-3-6(13-14(10,11)12)7-8-4-5-9-7/h2-6H,1H3/p+1. The second-order valence-electron chi connectivity index (χ2n) is 2.38. The predicted octanol–water partition coefficient (Wildman–Crippen LogP) is 0.395. The van der Waals surface area contributed by atoms with E-state index in [-0.39, 0.29) is 6.17 Å². The molecule has 0 radical (unpaired) electrons. The fourth-order valence-electron chi connectivity index (χ4n) is 0.867. The Labute approximate surface area is 82.0 Å². The molecule has 1 unspecified atom stereocenters. The molecule has 76 valence electrons. The summed E-state index contributed by atoms with van der Waals surface area (Å²) in [5.74, 6) is 0. The van der Waals surface area contributed by atoms with Crippen molar-refractivity contribution < 1.29 is 17.2 Å². The third-order valence-corrected chi connectivity index (χ3v) is 1.78. The summed E-state index contributed by atoms with van der Waals surface area (Å²) in [6.07, 6.45) is 5.00. The first kappa shape index (κ1) is 10.9. The Morgan fingerprint density at radius 3 is 2.50 bits per heavy atom. The van der Waals surface area contributed by atoms with Gasteiger partial charge in [-0.25, -0.2) is 4.18 Å². The van der Waals surface area contributed by atoms with Crippen molar-refractivity contribution in [1.29, 1.82) is 0 Å². The molecule has 14 heavy (non-hydrogen) atoms. The van der Waals surface area contributed by atoms with Gasteiger partial charge in [0.1, 0.15) is 0 Å². The summed E-state index contributed by atoms with van der Waals surface area (Å²) in [6, 6.07) is 0. The average Bonchev–Trinajstić information content (AvgIpc) is 2.52. The van der Waals surface area contributed by atoms with Gasteiger partial charge in [0.25, 0.3) is 6.17 Å². The van der Waals surface area contributed by atoms with Gasteiger partial charge >= 0.3 is 10.4 Å². The summed E-state index contributed by atoms with van der Waals surface area (Å²) in [7, 11) is -4.50. The summed E-state index contributed by atoms with van der Waals surface area (Å²) in [6.45, 7) is 1.68. The first-order valence-corrected chi connectivity index (χ1v) is 5.11. The van der Waals surface area contributed by atoms with E-state index < -0.39 is 16.5 Å². The van der Waals surface area contributed by atoms with Crippen LogP contribution in [0.3, 0.4) is 0 Å². The molecule has 7 heteroatoms. The van der Waals surface area contributed by atoms with Gasteiger partial charge in [-0.2, -0.15) is 8.42 Å².